The van der Waals surface area contributed by atoms with Crippen LogP contribution in [0.4, 0.5) is 0 Å². The van der Waals surface area contributed by atoms with Gasteiger partial charge in [0, 0.05) is 4.47 Å². The largest absolute Gasteiger partial charge is 0.483 e. The van der Waals surface area contributed by atoms with Crippen molar-refractivity contribution >= 4 is 21.8 Å². The summed E-state index contributed by atoms with van der Waals surface area (Å²) in [7, 11) is 0. The highest BCUT2D eigenvalue weighted by Gasteiger charge is 2.11. The van der Waals surface area contributed by atoms with Crippen LogP contribution >= 0.6 is 15.9 Å². The van der Waals surface area contributed by atoms with Crippen LogP contribution in [0.3, 0.4) is 0 Å². The zero-order valence-corrected chi connectivity index (χ0v) is 14.6. The van der Waals surface area contributed by atoms with E-state index in [1.165, 1.54) is 0 Å². The van der Waals surface area contributed by atoms with Crippen LogP contribution in [0.1, 0.15) is 29.7 Å². The summed E-state index contributed by atoms with van der Waals surface area (Å²) in [4.78, 5) is 12.0. The minimum Gasteiger partial charge on any atom is -0.483 e. The highest BCUT2D eigenvalue weighted by molar-refractivity contribution is 9.10. The summed E-state index contributed by atoms with van der Waals surface area (Å²) in [5, 5.41) is 2.95. The molecular formula is C18H20BrNO2. The van der Waals surface area contributed by atoms with E-state index < -0.39 is 0 Å². The third-order valence-electron chi connectivity index (χ3n) is 3.50. The first-order valence-electron chi connectivity index (χ1n) is 7.21. The molecule has 0 bridgehead atoms. The summed E-state index contributed by atoms with van der Waals surface area (Å²) in [6.45, 7) is 5.93. The number of hydrogen-bond donors (Lipinski definition) is 1. The van der Waals surface area contributed by atoms with Gasteiger partial charge in [-0.05, 0) is 49.6 Å². The molecule has 0 aliphatic carbocycles. The number of para-hydroxylation sites is 1. The van der Waals surface area contributed by atoms with Gasteiger partial charge in [0.15, 0.2) is 6.61 Å². The molecule has 1 atom stereocenters. The molecular weight excluding hydrogens is 342 g/mol. The lowest BCUT2D eigenvalue weighted by atomic mass is 10.1. The number of carbonyl (C=O) groups excluding carboxylic acids is 1. The van der Waals surface area contributed by atoms with Gasteiger partial charge in [-0.2, -0.15) is 0 Å². The van der Waals surface area contributed by atoms with Gasteiger partial charge >= 0.3 is 0 Å². The summed E-state index contributed by atoms with van der Waals surface area (Å²) >= 11 is 3.40. The molecule has 0 unspecified atom stereocenters. The lowest BCUT2D eigenvalue weighted by Crippen LogP contribution is -2.31. The lowest BCUT2D eigenvalue weighted by molar-refractivity contribution is -0.123. The third kappa shape index (κ3) is 4.34. The Bertz CT molecular complexity index is 632. The number of ether oxygens (including phenoxy) is 1. The Morgan fingerprint density at radius 3 is 2.32 bits per heavy atom. The van der Waals surface area contributed by atoms with Crippen LogP contribution in [0.15, 0.2) is 46.9 Å². The van der Waals surface area contributed by atoms with E-state index in [0.29, 0.717) is 0 Å². The number of benzene rings is 2. The second-order valence-electron chi connectivity index (χ2n) is 5.35. The van der Waals surface area contributed by atoms with Gasteiger partial charge in [0.2, 0.25) is 0 Å². The monoisotopic (exact) mass is 361 g/mol. The van der Waals surface area contributed by atoms with Crippen LogP contribution in [-0.4, -0.2) is 12.5 Å². The van der Waals surface area contributed by atoms with Crippen molar-refractivity contribution in [3.63, 3.8) is 0 Å². The maximum Gasteiger partial charge on any atom is 0.258 e. The minimum atomic E-state index is -0.127. The van der Waals surface area contributed by atoms with Gasteiger partial charge < -0.3 is 10.1 Å². The molecule has 0 heterocycles. The van der Waals surface area contributed by atoms with Crippen molar-refractivity contribution in [3.05, 3.63) is 63.6 Å². The number of rotatable bonds is 5. The van der Waals surface area contributed by atoms with Crippen molar-refractivity contribution < 1.29 is 9.53 Å². The molecule has 116 valence electrons. The SMILES string of the molecule is Cc1cccc(C)c1OCC(=O)N[C@H](C)c1ccc(Br)cc1. The second-order valence-corrected chi connectivity index (χ2v) is 6.27. The Balaban J connectivity index is 1.91. The molecule has 3 nitrogen and oxygen atoms in total. The van der Waals surface area contributed by atoms with E-state index in [2.05, 4.69) is 21.2 Å². The summed E-state index contributed by atoms with van der Waals surface area (Å²) in [5.41, 5.74) is 3.13. The topological polar surface area (TPSA) is 38.3 Å². The van der Waals surface area contributed by atoms with Crippen molar-refractivity contribution in [1.29, 1.82) is 0 Å². The van der Waals surface area contributed by atoms with E-state index >= 15 is 0 Å². The Labute approximate surface area is 139 Å². The number of halogens is 1. The fraction of sp³-hybridized carbons (Fsp3) is 0.278. The third-order valence-corrected chi connectivity index (χ3v) is 4.03. The number of hydrogen-bond acceptors (Lipinski definition) is 2. The van der Waals surface area contributed by atoms with Crippen LogP contribution in [-0.2, 0) is 4.79 Å². The summed E-state index contributed by atoms with van der Waals surface area (Å²) in [5.74, 6) is 0.659. The van der Waals surface area contributed by atoms with Gasteiger partial charge in [0.05, 0.1) is 6.04 Å². The quantitative estimate of drug-likeness (QED) is 0.860. The van der Waals surface area contributed by atoms with Gasteiger partial charge in [-0.25, -0.2) is 0 Å². The molecule has 0 fully saturated rings. The zero-order chi connectivity index (χ0) is 16.1. The fourth-order valence-electron chi connectivity index (χ4n) is 2.28. The molecule has 0 radical (unpaired) electrons. The molecule has 2 rings (SSSR count). The summed E-state index contributed by atoms with van der Waals surface area (Å²) < 4.78 is 6.69. The standard InChI is InChI=1S/C18H20BrNO2/c1-12-5-4-6-13(2)18(12)22-11-17(21)20-14(3)15-7-9-16(19)10-8-15/h4-10,14H,11H2,1-3H3,(H,20,21)/t14-/m1/s1. The predicted molar refractivity (Wildman–Crippen MR) is 92.1 cm³/mol. The second kappa shape index (κ2) is 7.45. The maximum absolute atomic E-state index is 12.0. The van der Waals surface area contributed by atoms with Crippen LogP contribution in [0.5, 0.6) is 5.75 Å². The van der Waals surface area contributed by atoms with E-state index in [0.717, 1.165) is 26.9 Å². The van der Waals surface area contributed by atoms with Crippen LogP contribution in [0.25, 0.3) is 0 Å². The number of amides is 1. The van der Waals surface area contributed by atoms with E-state index in [1.807, 2.05) is 63.2 Å². The van der Waals surface area contributed by atoms with Crippen molar-refractivity contribution in [3.8, 4) is 5.75 Å². The Morgan fingerprint density at radius 1 is 1.14 bits per heavy atom. The Morgan fingerprint density at radius 2 is 1.73 bits per heavy atom. The first-order valence-corrected chi connectivity index (χ1v) is 8.00. The van der Waals surface area contributed by atoms with Gasteiger partial charge in [0.25, 0.3) is 5.91 Å². The zero-order valence-electron chi connectivity index (χ0n) is 13.0. The van der Waals surface area contributed by atoms with Gasteiger partial charge in [-0.15, -0.1) is 0 Å². The fourth-order valence-corrected chi connectivity index (χ4v) is 2.55. The first kappa shape index (κ1) is 16.6. The number of nitrogens with one attached hydrogen (secondary N) is 1. The van der Waals surface area contributed by atoms with Crippen molar-refractivity contribution in [1.82, 2.24) is 5.32 Å². The van der Waals surface area contributed by atoms with Crippen LogP contribution in [0, 0.1) is 13.8 Å². The highest BCUT2D eigenvalue weighted by Crippen LogP contribution is 2.22. The molecule has 0 saturated carbocycles. The molecule has 4 heteroatoms. The highest BCUT2D eigenvalue weighted by atomic mass is 79.9. The summed E-state index contributed by atoms with van der Waals surface area (Å²) in [6.07, 6.45) is 0. The summed E-state index contributed by atoms with van der Waals surface area (Å²) in [6, 6.07) is 13.8. The lowest BCUT2D eigenvalue weighted by Gasteiger charge is -2.16. The van der Waals surface area contributed by atoms with Crippen molar-refractivity contribution in [2.24, 2.45) is 0 Å². The average molecular weight is 362 g/mol. The first-order chi connectivity index (χ1) is 10.5. The van der Waals surface area contributed by atoms with E-state index in [9.17, 15) is 4.79 Å². The van der Waals surface area contributed by atoms with Crippen molar-refractivity contribution in [2.45, 2.75) is 26.8 Å². The van der Waals surface area contributed by atoms with E-state index in [1.54, 1.807) is 0 Å². The molecule has 2 aromatic rings. The maximum atomic E-state index is 12.0. The smallest absolute Gasteiger partial charge is 0.258 e. The molecule has 0 spiro atoms. The molecule has 2 aromatic carbocycles. The minimum absolute atomic E-state index is 0.0204. The number of carbonyl (C=O) groups is 1. The Hall–Kier alpha value is -1.81. The van der Waals surface area contributed by atoms with E-state index in [-0.39, 0.29) is 18.6 Å². The van der Waals surface area contributed by atoms with Crippen LogP contribution in [0.2, 0.25) is 0 Å². The van der Waals surface area contributed by atoms with Gasteiger partial charge in [-0.3, -0.25) is 4.79 Å². The van der Waals surface area contributed by atoms with Crippen molar-refractivity contribution in [2.75, 3.05) is 6.61 Å². The normalized spacial score (nSPS) is 11.8. The van der Waals surface area contributed by atoms with E-state index in [4.69, 9.17) is 4.74 Å². The predicted octanol–water partition coefficient (Wildman–Crippen LogP) is 4.32. The molecule has 22 heavy (non-hydrogen) atoms. The Kier molecular flexibility index (Phi) is 5.61. The van der Waals surface area contributed by atoms with Crippen LogP contribution < -0.4 is 10.1 Å². The molecule has 1 amide bonds. The molecule has 0 aliphatic heterocycles. The molecule has 0 saturated heterocycles. The number of aryl methyl sites for hydroxylation is 2. The average Bonchev–Trinajstić information content (AvgIpc) is 2.47. The molecule has 0 aliphatic rings. The molecule has 1 N–H and O–H groups in total. The molecule has 0 aromatic heterocycles. The van der Waals surface area contributed by atoms with Gasteiger partial charge in [0.1, 0.15) is 5.75 Å². The van der Waals surface area contributed by atoms with Gasteiger partial charge in [-0.1, -0.05) is 46.3 Å².